The normalized spacial score (nSPS) is 12.6. The van der Waals surface area contributed by atoms with E-state index in [-0.39, 0.29) is 50.0 Å². The number of hydrogen-bond acceptors (Lipinski definition) is 6. The molecule has 2 aromatic carbocycles. The number of aromatic nitrogens is 2. The summed E-state index contributed by atoms with van der Waals surface area (Å²) in [4.78, 5) is 33.4. The predicted octanol–water partition coefficient (Wildman–Crippen LogP) is 3.92. The molecule has 1 heterocycles. The average Bonchev–Trinajstić information content (AvgIpc) is 2.87. The van der Waals surface area contributed by atoms with E-state index in [1.54, 1.807) is 19.9 Å². The van der Waals surface area contributed by atoms with Crippen LogP contribution in [0.2, 0.25) is 0 Å². The fourth-order valence-electron chi connectivity index (χ4n) is 4.39. The molecule has 0 radical (unpaired) electrons. The lowest BCUT2D eigenvalue weighted by Crippen LogP contribution is -2.48. The summed E-state index contributed by atoms with van der Waals surface area (Å²) in [5.74, 6) is -1.95. The summed E-state index contributed by atoms with van der Waals surface area (Å²) in [5, 5.41) is 19.5. The fourth-order valence-corrected chi connectivity index (χ4v) is 4.39. The summed E-state index contributed by atoms with van der Waals surface area (Å²) >= 11 is 0. The molecule has 0 bridgehead atoms. The molecule has 3 aromatic rings. The lowest BCUT2D eigenvalue weighted by atomic mass is 10.00. The first-order chi connectivity index (χ1) is 19.1. The van der Waals surface area contributed by atoms with Gasteiger partial charge in [0, 0.05) is 43.4 Å². The molecule has 4 N–H and O–H groups in total. The Hall–Kier alpha value is -3.76. The second kappa shape index (κ2) is 15.1. The van der Waals surface area contributed by atoms with Crippen molar-refractivity contribution in [2.45, 2.75) is 71.6 Å². The van der Waals surface area contributed by atoms with E-state index < -0.39 is 23.8 Å². The van der Waals surface area contributed by atoms with Crippen LogP contribution in [0.1, 0.15) is 54.3 Å². The maximum Gasteiger partial charge on any atom is 0.229 e. The molecule has 2 atom stereocenters. The van der Waals surface area contributed by atoms with Crippen molar-refractivity contribution in [2.75, 3.05) is 11.9 Å². The zero-order valence-electron chi connectivity index (χ0n) is 23.1. The molecule has 10 heteroatoms. The molecule has 3 rings (SSSR count). The molecular formula is C30H37F2N5O3. The van der Waals surface area contributed by atoms with E-state index in [0.717, 1.165) is 29.4 Å². The number of aryl methyl sites for hydroxylation is 3. The Morgan fingerprint density at radius 3 is 2.23 bits per heavy atom. The van der Waals surface area contributed by atoms with Gasteiger partial charge >= 0.3 is 0 Å². The molecule has 0 aliphatic rings. The summed E-state index contributed by atoms with van der Waals surface area (Å²) in [6.45, 7) is 6.34. The van der Waals surface area contributed by atoms with Crippen molar-refractivity contribution in [3.8, 4) is 0 Å². The van der Waals surface area contributed by atoms with Crippen molar-refractivity contribution in [2.24, 2.45) is 0 Å². The molecule has 40 heavy (non-hydrogen) atoms. The fraction of sp³-hybridized carbons (Fsp3) is 0.400. The molecule has 0 fully saturated rings. The number of benzene rings is 2. The first-order valence-corrected chi connectivity index (χ1v) is 13.4. The SMILES string of the molecule is CCc1cccc(CNC[C@@H](O)[C@H](Cc2cc(F)cc(F)c2)NC(=O)CCCC(=O)Nc2nc(C)cc(C)n2)c1. The number of aliphatic hydroxyl groups excluding tert-OH is 1. The number of halogens is 2. The van der Waals surface area contributed by atoms with E-state index in [1.165, 1.54) is 17.7 Å². The summed E-state index contributed by atoms with van der Waals surface area (Å²) in [7, 11) is 0. The van der Waals surface area contributed by atoms with Crippen molar-refractivity contribution in [1.82, 2.24) is 20.6 Å². The van der Waals surface area contributed by atoms with Crippen LogP contribution in [0.3, 0.4) is 0 Å². The smallest absolute Gasteiger partial charge is 0.229 e. The van der Waals surface area contributed by atoms with E-state index in [0.29, 0.717) is 12.1 Å². The van der Waals surface area contributed by atoms with Gasteiger partial charge in [0.15, 0.2) is 0 Å². The Kier molecular flexibility index (Phi) is 11.6. The summed E-state index contributed by atoms with van der Waals surface area (Å²) < 4.78 is 27.6. The van der Waals surface area contributed by atoms with Crippen LogP contribution < -0.4 is 16.0 Å². The lowest BCUT2D eigenvalue weighted by molar-refractivity contribution is -0.122. The standard InChI is InChI=1S/C30H37F2N5O3/c1-4-21-7-5-8-22(12-21)17-33-18-27(38)26(15-23-13-24(31)16-25(32)14-23)36-28(39)9-6-10-29(40)37-30-34-19(2)11-20(3)35-30/h5,7-8,11-14,16,26-27,33,38H,4,6,9-10,15,17-18H2,1-3H3,(H,36,39)(H,34,35,37,40)/t26-,27+/m0/s1. The zero-order chi connectivity index (χ0) is 29.1. The molecule has 0 aliphatic carbocycles. The highest BCUT2D eigenvalue weighted by molar-refractivity contribution is 5.89. The van der Waals surface area contributed by atoms with E-state index in [2.05, 4.69) is 38.9 Å². The van der Waals surface area contributed by atoms with E-state index in [1.807, 2.05) is 18.2 Å². The van der Waals surface area contributed by atoms with E-state index in [9.17, 15) is 23.5 Å². The summed E-state index contributed by atoms with van der Waals surface area (Å²) in [6, 6.07) is 12.2. The van der Waals surface area contributed by atoms with Crippen LogP contribution in [-0.4, -0.2) is 45.6 Å². The van der Waals surface area contributed by atoms with Crippen molar-refractivity contribution >= 4 is 17.8 Å². The minimum Gasteiger partial charge on any atom is -0.390 e. The van der Waals surface area contributed by atoms with Crippen molar-refractivity contribution in [3.63, 3.8) is 0 Å². The molecule has 0 saturated heterocycles. The Balaban J connectivity index is 1.55. The second-order valence-electron chi connectivity index (χ2n) is 9.90. The molecule has 0 unspecified atom stereocenters. The highest BCUT2D eigenvalue weighted by Gasteiger charge is 2.22. The first-order valence-electron chi connectivity index (χ1n) is 13.4. The first kappa shape index (κ1) is 30.8. The molecule has 214 valence electrons. The van der Waals surface area contributed by atoms with Gasteiger partial charge in [-0.3, -0.25) is 14.9 Å². The van der Waals surface area contributed by atoms with Crippen LogP contribution in [0.4, 0.5) is 14.7 Å². The number of aliphatic hydroxyl groups is 1. The molecule has 8 nitrogen and oxygen atoms in total. The topological polar surface area (TPSA) is 116 Å². The molecule has 0 spiro atoms. The van der Waals surface area contributed by atoms with Crippen molar-refractivity contribution < 1.29 is 23.5 Å². The van der Waals surface area contributed by atoms with E-state index >= 15 is 0 Å². The van der Waals surface area contributed by atoms with Gasteiger partial charge in [-0.05, 0) is 68.0 Å². The number of anilines is 1. The van der Waals surface area contributed by atoms with Crippen molar-refractivity contribution in [3.05, 3.63) is 88.2 Å². The Morgan fingerprint density at radius 2 is 1.55 bits per heavy atom. The van der Waals surface area contributed by atoms with Crippen LogP contribution in [0, 0.1) is 25.5 Å². The highest BCUT2D eigenvalue weighted by atomic mass is 19.1. The maximum atomic E-state index is 13.8. The lowest BCUT2D eigenvalue weighted by Gasteiger charge is -2.25. The maximum absolute atomic E-state index is 13.8. The van der Waals surface area contributed by atoms with Crippen LogP contribution in [-0.2, 0) is 29.0 Å². The Labute approximate surface area is 233 Å². The van der Waals surface area contributed by atoms with Crippen molar-refractivity contribution in [1.29, 1.82) is 0 Å². The number of carbonyl (C=O) groups excluding carboxylic acids is 2. The van der Waals surface area contributed by atoms with Gasteiger partial charge in [0.1, 0.15) is 11.6 Å². The van der Waals surface area contributed by atoms with Gasteiger partial charge in [-0.25, -0.2) is 18.7 Å². The van der Waals surface area contributed by atoms with Crippen LogP contribution >= 0.6 is 0 Å². The van der Waals surface area contributed by atoms with Gasteiger partial charge in [-0.1, -0.05) is 31.2 Å². The number of hydrogen-bond donors (Lipinski definition) is 4. The largest absolute Gasteiger partial charge is 0.390 e. The molecule has 1 aromatic heterocycles. The van der Waals surface area contributed by atoms with Gasteiger partial charge in [0.25, 0.3) is 0 Å². The minimum absolute atomic E-state index is 0.0269. The van der Waals surface area contributed by atoms with Gasteiger partial charge in [-0.2, -0.15) is 0 Å². The van der Waals surface area contributed by atoms with Gasteiger partial charge in [0.2, 0.25) is 17.8 Å². The van der Waals surface area contributed by atoms with Gasteiger partial charge in [-0.15, -0.1) is 0 Å². The third-order valence-electron chi connectivity index (χ3n) is 6.31. The zero-order valence-corrected chi connectivity index (χ0v) is 23.1. The number of amides is 2. The molecule has 0 saturated carbocycles. The summed E-state index contributed by atoms with van der Waals surface area (Å²) in [6.07, 6.45) is 0.263. The number of rotatable bonds is 14. The molecule has 2 amide bonds. The van der Waals surface area contributed by atoms with Crippen LogP contribution in [0.5, 0.6) is 0 Å². The Bertz CT molecular complexity index is 1260. The second-order valence-corrected chi connectivity index (χ2v) is 9.90. The number of nitrogens with zero attached hydrogens (tertiary/aromatic N) is 2. The molecule has 0 aliphatic heterocycles. The van der Waals surface area contributed by atoms with Gasteiger partial charge < -0.3 is 15.7 Å². The monoisotopic (exact) mass is 553 g/mol. The third kappa shape index (κ3) is 10.4. The Morgan fingerprint density at radius 1 is 0.900 bits per heavy atom. The van der Waals surface area contributed by atoms with Crippen LogP contribution in [0.15, 0.2) is 48.5 Å². The quantitative estimate of drug-likeness (QED) is 0.241. The number of nitrogens with one attached hydrogen (secondary N) is 3. The predicted molar refractivity (Wildman–Crippen MR) is 150 cm³/mol. The summed E-state index contributed by atoms with van der Waals surface area (Å²) in [5.41, 5.74) is 4.03. The van der Waals surface area contributed by atoms with Crippen LogP contribution in [0.25, 0.3) is 0 Å². The van der Waals surface area contributed by atoms with Gasteiger partial charge in [0.05, 0.1) is 12.1 Å². The third-order valence-corrected chi connectivity index (χ3v) is 6.31. The molecular weight excluding hydrogens is 516 g/mol. The van der Waals surface area contributed by atoms with E-state index in [4.69, 9.17) is 0 Å². The highest BCUT2D eigenvalue weighted by Crippen LogP contribution is 2.13. The average molecular weight is 554 g/mol. The number of carbonyl (C=O) groups is 2. The minimum atomic E-state index is -1.03.